The summed E-state index contributed by atoms with van der Waals surface area (Å²) < 4.78 is 23.9. The van der Waals surface area contributed by atoms with E-state index in [1.165, 1.54) is 0 Å². The number of allylic oxidation sites excluding steroid dienone is 1. The van der Waals surface area contributed by atoms with Crippen LogP contribution in [0.25, 0.3) is 0 Å². The predicted molar refractivity (Wildman–Crippen MR) is 73.2 cm³/mol. The SMILES string of the molecule is C=CCCCCCC1(O)CC2CCC(C1)S2(=O)=O. The Labute approximate surface area is 110 Å². The van der Waals surface area contributed by atoms with Crippen LogP contribution in [0.15, 0.2) is 12.7 Å². The molecular weight excluding hydrogens is 248 g/mol. The van der Waals surface area contributed by atoms with Gasteiger partial charge < -0.3 is 5.11 Å². The average molecular weight is 272 g/mol. The molecule has 2 unspecified atom stereocenters. The van der Waals surface area contributed by atoms with Crippen molar-refractivity contribution in [3.63, 3.8) is 0 Å². The first-order valence-corrected chi connectivity index (χ1v) is 8.65. The normalized spacial score (nSPS) is 37.6. The average Bonchev–Trinajstić information content (AvgIpc) is 2.51. The van der Waals surface area contributed by atoms with Crippen LogP contribution in [0.2, 0.25) is 0 Å². The number of sulfone groups is 1. The minimum Gasteiger partial charge on any atom is -0.390 e. The lowest BCUT2D eigenvalue weighted by molar-refractivity contribution is 0.0109. The highest BCUT2D eigenvalue weighted by atomic mass is 32.2. The lowest BCUT2D eigenvalue weighted by atomic mass is 9.88. The van der Waals surface area contributed by atoms with Gasteiger partial charge in [-0.25, -0.2) is 8.42 Å². The summed E-state index contributed by atoms with van der Waals surface area (Å²) in [5.41, 5.74) is -0.717. The smallest absolute Gasteiger partial charge is 0.156 e. The third-order valence-corrected chi connectivity index (χ3v) is 7.17. The summed E-state index contributed by atoms with van der Waals surface area (Å²) in [4.78, 5) is 0. The van der Waals surface area contributed by atoms with Crippen molar-refractivity contribution in [2.24, 2.45) is 0 Å². The van der Waals surface area contributed by atoms with E-state index in [2.05, 4.69) is 6.58 Å². The topological polar surface area (TPSA) is 54.4 Å². The van der Waals surface area contributed by atoms with E-state index in [1.54, 1.807) is 0 Å². The molecule has 3 nitrogen and oxygen atoms in total. The summed E-state index contributed by atoms with van der Waals surface area (Å²) >= 11 is 0. The van der Waals surface area contributed by atoms with E-state index >= 15 is 0 Å². The summed E-state index contributed by atoms with van der Waals surface area (Å²) in [6.45, 7) is 3.69. The molecule has 2 fully saturated rings. The fourth-order valence-electron chi connectivity index (χ4n) is 3.46. The molecule has 0 spiro atoms. The summed E-state index contributed by atoms with van der Waals surface area (Å²) in [6.07, 6.45) is 9.34. The van der Waals surface area contributed by atoms with Gasteiger partial charge in [0.1, 0.15) is 0 Å². The molecule has 0 aromatic heterocycles. The molecule has 2 atom stereocenters. The second-order valence-corrected chi connectivity index (χ2v) is 8.44. The second-order valence-electron chi connectivity index (χ2n) is 5.93. The monoisotopic (exact) mass is 272 g/mol. The van der Waals surface area contributed by atoms with Gasteiger partial charge in [-0.2, -0.15) is 0 Å². The fraction of sp³-hybridized carbons (Fsp3) is 0.857. The molecule has 2 aliphatic heterocycles. The van der Waals surface area contributed by atoms with Gasteiger partial charge in [-0.3, -0.25) is 0 Å². The van der Waals surface area contributed by atoms with Gasteiger partial charge in [-0.1, -0.05) is 18.9 Å². The van der Waals surface area contributed by atoms with E-state index in [1.807, 2.05) is 6.08 Å². The molecule has 18 heavy (non-hydrogen) atoms. The maximum absolute atomic E-state index is 12.0. The first-order valence-electron chi connectivity index (χ1n) is 7.04. The highest BCUT2D eigenvalue weighted by molar-refractivity contribution is 7.93. The molecular formula is C14H24O3S. The van der Waals surface area contributed by atoms with Crippen LogP contribution < -0.4 is 0 Å². The van der Waals surface area contributed by atoms with Crippen molar-refractivity contribution in [2.75, 3.05) is 0 Å². The van der Waals surface area contributed by atoms with E-state index in [0.717, 1.165) is 44.9 Å². The zero-order chi connectivity index (χ0) is 13.2. The van der Waals surface area contributed by atoms with Crippen molar-refractivity contribution in [1.82, 2.24) is 0 Å². The number of fused-ring (bicyclic) bond motifs is 2. The van der Waals surface area contributed by atoms with Crippen LogP contribution in [-0.2, 0) is 9.84 Å². The van der Waals surface area contributed by atoms with Gasteiger partial charge in [0.15, 0.2) is 9.84 Å². The van der Waals surface area contributed by atoms with Crippen LogP contribution in [0.1, 0.15) is 57.8 Å². The van der Waals surface area contributed by atoms with Crippen LogP contribution in [0.3, 0.4) is 0 Å². The Bertz CT molecular complexity index is 379. The molecule has 0 aromatic rings. The first kappa shape index (κ1) is 14.1. The van der Waals surface area contributed by atoms with Crippen LogP contribution in [0.4, 0.5) is 0 Å². The Hall–Kier alpha value is -0.350. The molecule has 0 amide bonds. The highest BCUT2D eigenvalue weighted by Crippen LogP contribution is 2.44. The van der Waals surface area contributed by atoms with E-state index < -0.39 is 15.4 Å². The number of rotatable bonds is 6. The fourth-order valence-corrected chi connectivity index (χ4v) is 6.02. The number of unbranched alkanes of at least 4 members (excludes halogenated alkanes) is 3. The van der Waals surface area contributed by atoms with Crippen molar-refractivity contribution >= 4 is 9.84 Å². The van der Waals surface area contributed by atoms with Crippen molar-refractivity contribution in [1.29, 1.82) is 0 Å². The first-order chi connectivity index (χ1) is 8.48. The Morgan fingerprint density at radius 3 is 2.33 bits per heavy atom. The van der Waals surface area contributed by atoms with E-state index in [4.69, 9.17) is 0 Å². The molecule has 2 aliphatic rings. The lowest BCUT2D eigenvalue weighted by Crippen LogP contribution is -2.44. The third kappa shape index (κ3) is 2.80. The van der Waals surface area contributed by atoms with Crippen LogP contribution >= 0.6 is 0 Å². The number of hydrogen-bond acceptors (Lipinski definition) is 3. The maximum atomic E-state index is 12.0. The Kier molecular flexibility index (Phi) is 4.17. The molecule has 4 heteroatoms. The quantitative estimate of drug-likeness (QED) is 0.597. The summed E-state index contributed by atoms with van der Waals surface area (Å²) in [6, 6.07) is 0. The predicted octanol–water partition coefficient (Wildman–Crippen LogP) is 2.59. The van der Waals surface area contributed by atoms with Crippen molar-refractivity contribution in [3.05, 3.63) is 12.7 Å². The molecule has 0 aliphatic carbocycles. The minimum absolute atomic E-state index is 0.269. The van der Waals surface area contributed by atoms with Crippen LogP contribution in [0, 0.1) is 0 Å². The van der Waals surface area contributed by atoms with Gasteiger partial charge in [0.25, 0.3) is 0 Å². The number of hydrogen-bond donors (Lipinski definition) is 1. The maximum Gasteiger partial charge on any atom is 0.156 e. The van der Waals surface area contributed by atoms with Gasteiger partial charge >= 0.3 is 0 Å². The van der Waals surface area contributed by atoms with Crippen molar-refractivity contribution in [3.8, 4) is 0 Å². The van der Waals surface area contributed by atoms with Crippen molar-refractivity contribution < 1.29 is 13.5 Å². The molecule has 2 saturated heterocycles. The van der Waals surface area contributed by atoms with E-state index in [9.17, 15) is 13.5 Å². The lowest BCUT2D eigenvalue weighted by Gasteiger charge is -2.36. The Morgan fingerprint density at radius 2 is 1.78 bits per heavy atom. The summed E-state index contributed by atoms with van der Waals surface area (Å²) in [5.74, 6) is 0. The zero-order valence-electron chi connectivity index (χ0n) is 11.0. The molecule has 0 radical (unpaired) electrons. The standard InChI is InChI=1S/C14H24O3S/c1-2-3-4-5-6-9-14(15)10-12-7-8-13(11-14)18(12,16)17/h2,12-13,15H,1,3-11H2. The van der Waals surface area contributed by atoms with Gasteiger partial charge in [-0.05, 0) is 44.9 Å². The van der Waals surface area contributed by atoms with Crippen LogP contribution in [-0.4, -0.2) is 29.6 Å². The molecule has 0 saturated carbocycles. The van der Waals surface area contributed by atoms with E-state index in [-0.39, 0.29) is 10.5 Å². The second kappa shape index (κ2) is 5.33. The van der Waals surface area contributed by atoms with Crippen molar-refractivity contribution in [2.45, 2.75) is 73.9 Å². The molecule has 1 N–H and O–H groups in total. The number of aliphatic hydroxyl groups is 1. The van der Waals surface area contributed by atoms with E-state index in [0.29, 0.717) is 12.8 Å². The summed E-state index contributed by atoms with van der Waals surface area (Å²) in [7, 11) is -2.91. The minimum atomic E-state index is -2.91. The Balaban J connectivity index is 1.85. The summed E-state index contributed by atoms with van der Waals surface area (Å²) in [5, 5.41) is 10.0. The third-order valence-electron chi connectivity index (χ3n) is 4.51. The molecule has 0 aromatic carbocycles. The Morgan fingerprint density at radius 1 is 1.17 bits per heavy atom. The van der Waals surface area contributed by atoms with Gasteiger partial charge in [-0.15, -0.1) is 6.58 Å². The molecule has 104 valence electrons. The highest BCUT2D eigenvalue weighted by Gasteiger charge is 2.52. The molecule has 2 rings (SSSR count). The van der Waals surface area contributed by atoms with Gasteiger partial charge in [0.2, 0.25) is 0 Å². The van der Waals surface area contributed by atoms with Gasteiger partial charge in [0, 0.05) is 0 Å². The van der Waals surface area contributed by atoms with Crippen LogP contribution in [0.5, 0.6) is 0 Å². The zero-order valence-corrected chi connectivity index (χ0v) is 11.8. The van der Waals surface area contributed by atoms with Gasteiger partial charge in [0.05, 0.1) is 16.1 Å². The molecule has 2 bridgehead atoms. The molecule has 2 heterocycles. The largest absolute Gasteiger partial charge is 0.390 e.